The van der Waals surface area contributed by atoms with Crippen LogP contribution in [0.15, 0.2) is 0 Å². The summed E-state index contributed by atoms with van der Waals surface area (Å²) in [5, 5.41) is 8.14. The SMILES string of the molecule is N#CCS(=O)(=O)NC1CCC1. The molecular formula is C6H10N2O2S. The van der Waals surface area contributed by atoms with Gasteiger partial charge in [-0.2, -0.15) is 5.26 Å². The van der Waals surface area contributed by atoms with Gasteiger partial charge < -0.3 is 0 Å². The van der Waals surface area contributed by atoms with Crippen LogP contribution in [0.2, 0.25) is 0 Å². The summed E-state index contributed by atoms with van der Waals surface area (Å²) in [5.74, 6) is -0.427. The first-order chi connectivity index (χ1) is 5.14. The Balaban J connectivity index is 2.40. The zero-order valence-electron chi connectivity index (χ0n) is 6.08. The van der Waals surface area contributed by atoms with E-state index < -0.39 is 15.8 Å². The van der Waals surface area contributed by atoms with E-state index >= 15 is 0 Å². The van der Waals surface area contributed by atoms with E-state index in [9.17, 15) is 8.42 Å². The Bertz CT molecular complexity index is 261. The number of sulfonamides is 1. The third kappa shape index (κ3) is 2.48. The molecule has 1 N–H and O–H groups in total. The molecule has 1 fully saturated rings. The van der Waals surface area contributed by atoms with Gasteiger partial charge in [-0.05, 0) is 12.8 Å². The largest absolute Gasteiger partial charge is 0.225 e. The highest BCUT2D eigenvalue weighted by molar-refractivity contribution is 7.89. The summed E-state index contributed by atoms with van der Waals surface area (Å²) in [6.07, 6.45) is 2.90. The molecule has 62 valence electrons. The fourth-order valence-electron chi connectivity index (χ4n) is 0.907. The standard InChI is InChI=1S/C6H10N2O2S/c7-4-5-11(9,10)8-6-2-1-3-6/h6,8H,1-3,5H2. The molecule has 0 atom stereocenters. The minimum Gasteiger partial charge on any atom is -0.211 e. The third-order valence-electron chi connectivity index (χ3n) is 1.71. The molecular weight excluding hydrogens is 164 g/mol. The van der Waals surface area contributed by atoms with Crippen LogP contribution in [0, 0.1) is 11.3 Å². The van der Waals surface area contributed by atoms with Crippen molar-refractivity contribution in [1.82, 2.24) is 4.72 Å². The summed E-state index contributed by atoms with van der Waals surface area (Å²) >= 11 is 0. The van der Waals surface area contributed by atoms with Crippen LogP contribution in [0.25, 0.3) is 0 Å². The minimum atomic E-state index is -3.30. The molecule has 1 saturated carbocycles. The Morgan fingerprint density at radius 2 is 2.18 bits per heavy atom. The summed E-state index contributed by atoms with van der Waals surface area (Å²) < 4.78 is 24.2. The molecule has 4 nitrogen and oxygen atoms in total. The van der Waals surface area contributed by atoms with Crippen molar-refractivity contribution in [3.63, 3.8) is 0 Å². The van der Waals surface area contributed by atoms with Crippen molar-refractivity contribution >= 4 is 10.0 Å². The van der Waals surface area contributed by atoms with Gasteiger partial charge in [0.15, 0.2) is 5.75 Å². The van der Waals surface area contributed by atoms with Crippen molar-refractivity contribution in [2.24, 2.45) is 0 Å². The van der Waals surface area contributed by atoms with Crippen molar-refractivity contribution in [3.8, 4) is 6.07 Å². The van der Waals surface area contributed by atoms with Gasteiger partial charge in [0.2, 0.25) is 10.0 Å². The smallest absolute Gasteiger partial charge is 0.211 e. The second-order valence-corrected chi connectivity index (χ2v) is 4.42. The fraction of sp³-hybridized carbons (Fsp3) is 0.833. The molecule has 1 aliphatic rings. The Kier molecular flexibility index (Phi) is 2.47. The van der Waals surface area contributed by atoms with Crippen molar-refractivity contribution in [2.75, 3.05) is 5.75 Å². The van der Waals surface area contributed by atoms with Gasteiger partial charge in [-0.25, -0.2) is 13.1 Å². The maximum Gasteiger partial charge on any atom is 0.225 e. The number of hydrogen-bond acceptors (Lipinski definition) is 3. The molecule has 11 heavy (non-hydrogen) atoms. The van der Waals surface area contributed by atoms with Crippen LogP contribution in [-0.4, -0.2) is 20.2 Å². The van der Waals surface area contributed by atoms with Crippen LogP contribution in [0.5, 0.6) is 0 Å². The van der Waals surface area contributed by atoms with Crippen molar-refractivity contribution < 1.29 is 8.42 Å². The molecule has 0 aliphatic heterocycles. The lowest BCUT2D eigenvalue weighted by atomic mass is 9.94. The highest BCUT2D eigenvalue weighted by atomic mass is 32.2. The van der Waals surface area contributed by atoms with Gasteiger partial charge in [-0.1, -0.05) is 6.42 Å². The van der Waals surface area contributed by atoms with Crippen LogP contribution in [0.3, 0.4) is 0 Å². The maximum atomic E-state index is 10.9. The number of nitrogens with zero attached hydrogens (tertiary/aromatic N) is 1. The second-order valence-electron chi connectivity index (χ2n) is 2.66. The molecule has 0 aromatic heterocycles. The van der Waals surface area contributed by atoms with Gasteiger partial charge in [0.05, 0.1) is 6.07 Å². The lowest BCUT2D eigenvalue weighted by Gasteiger charge is -2.25. The topological polar surface area (TPSA) is 70.0 Å². The average Bonchev–Trinajstić information content (AvgIpc) is 1.79. The molecule has 0 bridgehead atoms. The first-order valence-corrected chi connectivity index (χ1v) is 5.16. The highest BCUT2D eigenvalue weighted by Crippen LogP contribution is 2.18. The minimum absolute atomic E-state index is 0.0911. The van der Waals surface area contributed by atoms with Crippen molar-refractivity contribution in [1.29, 1.82) is 5.26 Å². The monoisotopic (exact) mass is 174 g/mol. The molecule has 5 heteroatoms. The van der Waals surface area contributed by atoms with Crippen molar-refractivity contribution in [3.05, 3.63) is 0 Å². The first-order valence-electron chi connectivity index (χ1n) is 3.51. The number of hydrogen-bond donors (Lipinski definition) is 1. The van der Waals surface area contributed by atoms with Crippen molar-refractivity contribution in [2.45, 2.75) is 25.3 Å². The Morgan fingerprint density at radius 3 is 2.55 bits per heavy atom. The Hall–Kier alpha value is -0.600. The maximum absolute atomic E-state index is 10.9. The quantitative estimate of drug-likeness (QED) is 0.653. The lowest BCUT2D eigenvalue weighted by molar-refractivity contribution is 0.384. The number of nitrogens with one attached hydrogen (secondary N) is 1. The van der Waals surface area contributed by atoms with E-state index in [1.807, 2.05) is 0 Å². The zero-order chi connectivity index (χ0) is 8.32. The molecule has 0 spiro atoms. The molecule has 0 aromatic rings. The van der Waals surface area contributed by atoms with Crippen LogP contribution in [0.1, 0.15) is 19.3 Å². The summed E-state index contributed by atoms with van der Waals surface area (Å²) in [4.78, 5) is 0. The second kappa shape index (κ2) is 3.20. The van der Waals surface area contributed by atoms with Crippen LogP contribution < -0.4 is 4.72 Å². The Labute approximate surface area is 66.3 Å². The predicted octanol–water partition coefficient (Wildman–Crippen LogP) is -0.0181. The van der Waals surface area contributed by atoms with E-state index in [0.717, 1.165) is 19.3 Å². The fourth-order valence-corrected chi connectivity index (χ4v) is 1.90. The third-order valence-corrected chi connectivity index (χ3v) is 2.91. The van der Waals surface area contributed by atoms with E-state index in [-0.39, 0.29) is 6.04 Å². The molecule has 1 aliphatic carbocycles. The summed E-state index contributed by atoms with van der Waals surface area (Å²) in [7, 11) is -3.30. The van der Waals surface area contributed by atoms with Gasteiger partial charge in [0, 0.05) is 6.04 Å². The van der Waals surface area contributed by atoms with Gasteiger partial charge in [-0.3, -0.25) is 0 Å². The van der Waals surface area contributed by atoms with Gasteiger partial charge in [0.25, 0.3) is 0 Å². The highest BCUT2D eigenvalue weighted by Gasteiger charge is 2.22. The van der Waals surface area contributed by atoms with E-state index in [0.29, 0.717) is 0 Å². The molecule has 0 saturated heterocycles. The van der Waals surface area contributed by atoms with Crippen LogP contribution in [-0.2, 0) is 10.0 Å². The van der Waals surface area contributed by atoms with E-state index in [2.05, 4.69) is 4.72 Å². The summed E-state index contributed by atoms with van der Waals surface area (Å²) in [6.45, 7) is 0. The van der Waals surface area contributed by atoms with Gasteiger partial charge in [0.1, 0.15) is 0 Å². The van der Waals surface area contributed by atoms with E-state index in [1.165, 1.54) is 0 Å². The predicted molar refractivity (Wildman–Crippen MR) is 40.2 cm³/mol. The molecule has 0 radical (unpaired) electrons. The first kappa shape index (κ1) is 8.50. The molecule has 0 unspecified atom stereocenters. The summed E-state index contributed by atoms with van der Waals surface area (Å²) in [6, 6.07) is 1.70. The number of nitriles is 1. The van der Waals surface area contributed by atoms with Gasteiger partial charge in [-0.15, -0.1) is 0 Å². The molecule has 1 rings (SSSR count). The van der Waals surface area contributed by atoms with E-state index in [1.54, 1.807) is 6.07 Å². The lowest BCUT2D eigenvalue weighted by Crippen LogP contribution is -2.40. The van der Waals surface area contributed by atoms with E-state index in [4.69, 9.17) is 5.26 Å². The normalized spacial score (nSPS) is 18.8. The molecule has 0 amide bonds. The van der Waals surface area contributed by atoms with Crippen LogP contribution >= 0.6 is 0 Å². The zero-order valence-corrected chi connectivity index (χ0v) is 6.89. The average molecular weight is 174 g/mol. The van der Waals surface area contributed by atoms with Crippen LogP contribution in [0.4, 0.5) is 0 Å². The number of rotatable bonds is 3. The summed E-state index contributed by atoms with van der Waals surface area (Å²) in [5.41, 5.74) is 0. The Morgan fingerprint density at radius 1 is 1.55 bits per heavy atom. The molecule has 0 aromatic carbocycles. The van der Waals surface area contributed by atoms with Gasteiger partial charge >= 0.3 is 0 Å². The molecule has 0 heterocycles.